The molecule has 1 N–H and O–H groups in total. The standard InChI is InChI=1S/C26H36O3/c1-25-14-12-19(27)16-18(25)8-9-20-21-10-11-23(26(21,2)15-13-22(20)25)29-24(28)17-6-4-3-5-7-17/h3-7,18-23,27H,8-16H2,1-2H3/t18?,19-,20-,21-,22-,23-,25-,26-/m0/s1. The van der Waals surface area contributed by atoms with E-state index in [1.54, 1.807) is 0 Å². The fourth-order valence-corrected chi connectivity index (χ4v) is 8.15. The van der Waals surface area contributed by atoms with Gasteiger partial charge in [0.1, 0.15) is 6.10 Å². The van der Waals surface area contributed by atoms with E-state index in [9.17, 15) is 9.90 Å². The second kappa shape index (κ2) is 7.11. The Labute approximate surface area is 175 Å². The first kappa shape index (κ1) is 19.6. The quantitative estimate of drug-likeness (QED) is 0.660. The molecule has 0 heterocycles. The van der Waals surface area contributed by atoms with E-state index in [0.29, 0.717) is 22.8 Å². The van der Waals surface area contributed by atoms with Crippen molar-refractivity contribution in [2.24, 2.45) is 34.5 Å². The van der Waals surface area contributed by atoms with Crippen molar-refractivity contribution >= 4 is 5.97 Å². The van der Waals surface area contributed by atoms with Crippen molar-refractivity contribution in [1.82, 2.24) is 0 Å². The highest BCUT2D eigenvalue weighted by atomic mass is 16.5. The van der Waals surface area contributed by atoms with Crippen LogP contribution < -0.4 is 0 Å². The smallest absolute Gasteiger partial charge is 0.338 e. The van der Waals surface area contributed by atoms with Crippen molar-refractivity contribution < 1.29 is 14.6 Å². The average molecular weight is 397 g/mol. The van der Waals surface area contributed by atoms with Crippen LogP contribution in [0.2, 0.25) is 0 Å². The summed E-state index contributed by atoms with van der Waals surface area (Å²) < 4.78 is 6.12. The number of carbonyl (C=O) groups excluding carboxylic acids is 1. The number of hydrogen-bond donors (Lipinski definition) is 1. The van der Waals surface area contributed by atoms with E-state index in [1.165, 1.54) is 38.5 Å². The summed E-state index contributed by atoms with van der Waals surface area (Å²) in [6.07, 6.45) is 10.4. The number of hydrogen-bond acceptors (Lipinski definition) is 3. The monoisotopic (exact) mass is 396 g/mol. The molecule has 0 bridgehead atoms. The first-order valence-electron chi connectivity index (χ1n) is 11.9. The molecule has 0 radical (unpaired) electrons. The van der Waals surface area contributed by atoms with E-state index in [-0.39, 0.29) is 23.6 Å². The van der Waals surface area contributed by atoms with Gasteiger partial charge in [-0.05, 0) is 99.0 Å². The fraction of sp³-hybridized carbons (Fsp3) is 0.731. The van der Waals surface area contributed by atoms with Gasteiger partial charge in [0.15, 0.2) is 0 Å². The largest absolute Gasteiger partial charge is 0.458 e. The maximum atomic E-state index is 12.7. The number of benzene rings is 1. The predicted octanol–water partition coefficient (Wildman–Crippen LogP) is 5.62. The molecule has 29 heavy (non-hydrogen) atoms. The second-order valence-electron chi connectivity index (χ2n) is 11.0. The summed E-state index contributed by atoms with van der Waals surface area (Å²) in [6, 6.07) is 9.45. The number of fused-ring (bicyclic) bond motifs is 5. The molecule has 4 saturated carbocycles. The van der Waals surface area contributed by atoms with Gasteiger partial charge >= 0.3 is 5.97 Å². The van der Waals surface area contributed by atoms with E-state index in [1.807, 2.05) is 30.3 Å². The van der Waals surface area contributed by atoms with Crippen LogP contribution in [0, 0.1) is 34.5 Å². The molecule has 0 amide bonds. The molecule has 0 saturated heterocycles. The molecule has 1 aromatic rings. The van der Waals surface area contributed by atoms with Crippen LogP contribution >= 0.6 is 0 Å². The van der Waals surface area contributed by atoms with Gasteiger partial charge in [-0.25, -0.2) is 4.79 Å². The molecule has 4 aliphatic rings. The minimum absolute atomic E-state index is 0.0554. The van der Waals surface area contributed by atoms with Gasteiger partial charge in [0.2, 0.25) is 0 Å². The van der Waals surface area contributed by atoms with Crippen LogP contribution in [-0.2, 0) is 4.74 Å². The summed E-state index contributed by atoms with van der Waals surface area (Å²) in [5.74, 6) is 2.78. The highest BCUT2D eigenvalue weighted by molar-refractivity contribution is 5.89. The Balaban J connectivity index is 1.34. The number of carbonyl (C=O) groups is 1. The van der Waals surface area contributed by atoms with Crippen LogP contribution in [0.5, 0.6) is 0 Å². The topological polar surface area (TPSA) is 46.5 Å². The molecule has 0 aromatic heterocycles. The fourth-order valence-electron chi connectivity index (χ4n) is 8.15. The van der Waals surface area contributed by atoms with Gasteiger partial charge in [0.05, 0.1) is 11.7 Å². The minimum Gasteiger partial charge on any atom is -0.458 e. The van der Waals surface area contributed by atoms with Crippen LogP contribution in [0.1, 0.15) is 82.0 Å². The van der Waals surface area contributed by atoms with Gasteiger partial charge < -0.3 is 9.84 Å². The van der Waals surface area contributed by atoms with E-state index >= 15 is 0 Å². The van der Waals surface area contributed by atoms with E-state index in [4.69, 9.17) is 4.74 Å². The third-order valence-electron chi connectivity index (χ3n) is 9.81. The lowest BCUT2D eigenvalue weighted by Crippen LogP contribution is -2.54. The number of aliphatic hydroxyl groups excluding tert-OH is 1. The Kier molecular flexibility index (Phi) is 4.81. The molecule has 0 aliphatic heterocycles. The van der Waals surface area contributed by atoms with Crippen LogP contribution in [-0.4, -0.2) is 23.3 Å². The van der Waals surface area contributed by atoms with Crippen molar-refractivity contribution in [3.05, 3.63) is 35.9 Å². The Bertz CT molecular complexity index is 760. The van der Waals surface area contributed by atoms with Gasteiger partial charge in [-0.1, -0.05) is 32.0 Å². The van der Waals surface area contributed by atoms with Crippen LogP contribution in [0.15, 0.2) is 30.3 Å². The molecule has 8 atom stereocenters. The van der Waals surface area contributed by atoms with Gasteiger partial charge in [-0.3, -0.25) is 0 Å². The maximum Gasteiger partial charge on any atom is 0.338 e. The molecule has 3 nitrogen and oxygen atoms in total. The minimum atomic E-state index is -0.156. The Morgan fingerprint density at radius 3 is 2.45 bits per heavy atom. The number of aliphatic hydroxyl groups is 1. The summed E-state index contributed by atoms with van der Waals surface area (Å²) in [5, 5.41) is 10.2. The van der Waals surface area contributed by atoms with Gasteiger partial charge in [0, 0.05) is 5.41 Å². The summed E-state index contributed by atoms with van der Waals surface area (Å²) in [7, 11) is 0. The lowest BCUT2D eigenvalue weighted by Gasteiger charge is -2.60. The molecule has 1 unspecified atom stereocenters. The lowest BCUT2D eigenvalue weighted by molar-refractivity contribution is -0.134. The first-order valence-corrected chi connectivity index (χ1v) is 11.9. The van der Waals surface area contributed by atoms with E-state index in [0.717, 1.165) is 31.1 Å². The molecule has 4 aliphatic carbocycles. The summed E-state index contributed by atoms with van der Waals surface area (Å²) in [6.45, 7) is 4.94. The Morgan fingerprint density at radius 2 is 1.66 bits per heavy atom. The van der Waals surface area contributed by atoms with Crippen LogP contribution in [0.3, 0.4) is 0 Å². The molecule has 1 aromatic carbocycles. The van der Waals surface area contributed by atoms with E-state index < -0.39 is 0 Å². The van der Waals surface area contributed by atoms with Gasteiger partial charge in [-0.15, -0.1) is 0 Å². The van der Waals surface area contributed by atoms with Crippen molar-refractivity contribution in [2.45, 2.75) is 83.8 Å². The molecule has 3 heteroatoms. The molecule has 4 fully saturated rings. The Hall–Kier alpha value is -1.35. The molecule has 0 spiro atoms. The molecular weight excluding hydrogens is 360 g/mol. The second-order valence-corrected chi connectivity index (χ2v) is 11.0. The zero-order valence-electron chi connectivity index (χ0n) is 18.0. The predicted molar refractivity (Wildman–Crippen MR) is 113 cm³/mol. The normalized spacial score (nSPS) is 46.3. The zero-order valence-corrected chi connectivity index (χ0v) is 18.0. The molecule has 5 rings (SSSR count). The maximum absolute atomic E-state index is 12.7. The van der Waals surface area contributed by atoms with Crippen LogP contribution in [0.25, 0.3) is 0 Å². The number of ether oxygens (including phenoxy) is 1. The third-order valence-corrected chi connectivity index (χ3v) is 9.81. The van der Waals surface area contributed by atoms with Crippen molar-refractivity contribution in [3.63, 3.8) is 0 Å². The van der Waals surface area contributed by atoms with Crippen molar-refractivity contribution in [1.29, 1.82) is 0 Å². The Morgan fingerprint density at radius 1 is 0.931 bits per heavy atom. The molecular formula is C26H36O3. The number of rotatable bonds is 2. The zero-order chi connectivity index (χ0) is 20.2. The van der Waals surface area contributed by atoms with Crippen molar-refractivity contribution in [3.8, 4) is 0 Å². The van der Waals surface area contributed by atoms with Gasteiger partial charge in [0.25, 0.3) is 0 Å². The van der Waals surface area contributed by atoms with Crippen molar-refractivity contribution in [2.75, 3.05) is 0 Å². The lowest BCUT2D eigenvalue weighted by atomic mass is 9.45. The van der Waals surface area contributed by atoms with Crippen LogP contribution in [0.4, 0.5) is 0 Å². The van der Waals surface area contributed by atoms with Gasteiger partial charge in [-0.2, -0.15) is 0 Å². The highest BCUT2D eigenvalue weighted by Crippen LogP contribution is 2.66. The SMILES string of the molecule is C[C@]12CC[C@H]3[C@@H](CCC4C[C@@H](O)CC[C@@]43C)[C@@H]1CC[C@@H]2OC(=O)c1ccccc1. The summed E-state index contributed by atoms with van der Waals surface area (Å²) in [5.41, 5.74) is 1.20. The number of esters is 1. The third kappa shape index (κ3) is 3.07. The highest BCUT2D eigenvalue weighted by Gasteiger charge is 2.61. The summed E-state index contributed by atoms with van der Waals surface area (Å²) >= 11 is 0. The average Bonchev–Trinajstić information content (AvgIpc) is 3.05. The molecule has 158 valence electrons. The van der Waals surface area contributed by atoms with E-state index in [2.05, 4.69) is 13.8 Å². The first-order chi connectivity index (χ1) is 13.9. The summed E-state index contributed by atoms with van der Waals surface area (Å²) in [4.78, 5) is 12.7.